The van der Waals surface area contributed by atoms with Crippen LogP contribution >= 0.6 is 47.2 Å². The van der Waals surface area contributed by atoms with E-state index in [1.165, 1.54) is 25.7 Å². The van der Waals surface area contributed by atoms with E-state index in [1.54, 1.807) is 0 Å². The average Bonchev–Trinajstić information content (AvgIpc) is 3.03. The molecule has 4 bridgehead atoms. The Kier molecular flexibility index (Phi) is 15.1. The Morgan fingerprint density at radius 1 is 0.761 bits per heavy atom. The topological polar surface area (TPSA) is 130 Å². The number of rotatable bonds is 6. The van der Waals surface area contributed by atoms with Crippen LogP contribution in [0.25, 0.3) is 0 Å². The zero-order valence-electron chi connectivity index (χ0n) is 25.8. The lowest BCUT2D eigenvalue weighted by Crippen LogP contribution is -2.52. The highest BCUT2D eigenvalue weighted by molar-refractivity contribution is 6.31. The average molecular weight is 728 g/mol. The standard InChI is InChI=1S/C16H20ClFN2O2.C11H19NO2.C4HCl2FN2.ClH/c1-2-22-15(21)14-10-5-3-9(4-6-10)11(14)7-13-12(18)8-19-16(17)20-13;1-2-14-11(13)9-7-3-5-8(6-4-7)10(9)12;5-3-2(7)1-8-4(6)9-3;/h8-11,14H,2-7H2,1H3;7-10H,2-6,12H2,1H3;1H;1H/t9?,10?,11?,14-;7?,8?,9-,10-;;/m00../s1. The fourth-order valence-electron chi connectivity index (χ4n) is 7.63. The van der Waals surface area contributed by atoms with Gasteiger partial charge in [-0.25, -0.2) is 28.7 Å². The van der Waals surface area contributed by atoms with Crippen molar-refractivity contribution in [2.45, 2.75) is 77.7 Å². The Balaban J connectivity index is 0.000000205. The van der Waals surface area contributed by atoms with E-state index in [-0.39, 0.29) is 63.9 Å². The summed E-state index contributed by atoms with van der Waals surface area (Å²) in [6.45, 7) is 4.52. The van der Waals surface area contributed by atoms with Gasteiger partial charge in [-0.15, -0.1) is 12.4 Å². The van der Waals surface area contributed by atoms with Gasteiger partial charge in [0.05, 0.1) is 43.1 Å². The molecule has 8 rings (SSSR count). The lowest BCUT2D eigenvalue weighted by molar-refractivity contribution is -0.158. The van der Waals surface area contributed by atoms with E-state index in [2.05, 4.69) is 19.9 Å². The first-order valence-corrected chi connectivity index (χ1v) is 16.8. The maximum absolute atomic E-state index is 13.9. The van der Waals surface area contributed by atoms with Crippen LogP contribution in [0.3, 0.4) is 0 Å². The van der Waals surface area contributed by atoms with Gasteiger partial charge in [0.25, 0.3) is 0 Å². The molecule has 2 aromatic heterocycles. The van der Waals surface area contributed by atoms with Gasteiger partial charge >= 0.3 is 11.9 Å². The van der Waals surface area contributed by atoms with Crippen LogP contribution in [0.2, 0.25) is 15.7 Å². The fraction of sp³-hybridized carbons (Fsp3) is 0.677. The molecule has 0 saturated heterocycles. The van der Waals surface area contributed by atoms with Crippen LogP contribution in [0.1, 0.15) is 70.9 Å². The molecule has 0 radical (unpaired) electrons. The summed E-state index contributed by atoms with van der Waals surface area (Å²) in [5.74, 6) is 0.479. The van der Waals surface area contributed by atoms with Crippen LogP contribution in [0.4, 0.5) is 8.78 Å². The van der Waals surface area contributed by atoms with Gasteiger partial charge in [0.1, 0.15) is 0 Å². The van der Waals surface area contributed by atoms with Gasteiger partial charge in [-0.05, 0) is 124 Å². The third-order valence-corrected chi connectivity index (χ3v) is 10.3. The number of hydrogen-bond acceptors (Lipinski definition) is 9. The predicted molar refractivity (Wildman–Crippen MR) is 173 cm³/mol. The Bertz CT molecular complexity index is 1310. The van der Waals surface area contributed by atoms with Crippen molar-refractivity contribution in [2.24, 2.45) is 47.2 Å². The summed E-state index contributed by atoms with van der Waals surface area (Å²) in [4.78, 5) is 38.4. The molecule has 2 heterocycles. The van der Waals surface area contributed by atoms with E-state index in [4.69, 9.17) is 50.0 Å². The molecule has 4 atom stereocenters. The largest absolute Gasteiger partial charge is 0.466 e. The molecular weight excluding hydrogens is 686 g/mol. The highest BCUT2D eigenvalue weighted by Crippen LogP contribution is 2.50. The maximum Gasteiger partial charge on any atom is 0.310 e. The molecule has 0 amide bonds. The highest BCUT2D eigenvalue weighted by atomic mass is 35.5. The van der Waals surface area contributed by atoms with Crippen molar-refractivity contribution in [2.75, 3.05) is 13.2 Å². The first-order valence-electron chi connectivity index (χ1n) is 15.6. The summed E-state index contributed by atoms with van der Waals surface area (Å²) < 4.78 is 36.5. The van der Waals surface area contributed by atoms with Crippen molar-refractivity contribution < 1.29 is 27.8 Å². The summed E-state index contributed by atoms with van der Waals surface area (Å²) in [6, 6.07) is 0.0570. The number of halogens is 6. The molecule has 0 spiro atoms. The number of fused-ring (bicyclic) bond motifs is 6. The van der Waals surface area contributed by atoms with Crippen LogP contribution in [0, 0.1) is 53.1 Å². The molecule has 6 aliphatic rings. The number of esters is 2. The van der Waals surface area contributed by atoms with E-state index in [9.17, 15) is 18.4 Å². The van der Waals surface area contributed by atoms with E-state index in [1.807, 2.05) is 13.8 Å². The number of ether oxygens (including phenoxy) is 2. The van der Waals surface area contributed by atoms with Crippen LogP contribution in [-0.2, 0) is 25.5 Å². The Labute approximate surface area is 289 Å². The van der Waals surface area contributed by atoms with Gasteiger partial charge < -0.3 is 15.2 Å². The number of carbonyl (C=O) groups is 2. The number of carbonyl (C=O) groups excluding carboxylic acids is 2. The summed E-state index contributed by atoms with van der Waals surface area (Å²) >= 11 is 16.2. The number of nitrogens with two attached hydrogens (primary N) is 1. The molecule has 2 N–H and O–H groups in total. The number of hydrogen-bond donors (Lipinski definition) is 1. The van der Waals surface area contributed by atoms with Gasteiger partial charge in [-0.3, -0.25) is 9.59 Å². The zero-order chi connectivity index (χ0) is 32.7. The SMILES string of the molecule is CCOC(=O)[C@H]1C2CCC(CC2)C1Cc1nc(Cl)ncc1F.CCOC(=O)[C@H]1C2CCC(CC2)[C@@H]1N.Cl.Fc1cnc(Cl)nc1Cl. The quantitative estimate of drug-likeness (QED) is 0.189. The van der Waals surface area contributed by atoms with Crippen molar-refractivity contribution in [1.29, 1.82) is 0 Å². The molecule has 6 aliphatic carbocycles. The van der Waals surface area contributed by atoms with Gasteiger partial charge in [0, 0.05) is 6.04 Å². The molecular formula is C31H41Cl4F2N5O4. The second-order valence-electron chi connectivity index (χ2n) is 12.1. The first kappa shape index (κ1) is 38.5. The Morgan fingerprint density at radius 3 is 1.72 bits per heavy atom. The normalized spacial score (nSPS) is 28.9. The van der Waals surface area contributed by atoms with Crippen molar-refractivity contribution in [1.82, 2.24) is 19.9 Å². The molecule has 1 unspecified atom stereocenters. The van der Waals surface area contributed by atoms with Crippen LogP contribution in [-0.4, -0.2) is 51.1 Å². The second-order valence-corrected chi connectivity index (χ2v) is 13.1. The van der Waals surface area contributed by atoms with Gasteiger partial charge in [-0.2, -0.15) is 0 Å². The van der Waals surface area contributed by atoms with Crippen molar-refractivity contribution in [3.8, 4) is 0 Å². The fourth-order valence-corrected chi connectivity index (χ4v) is 8.09. The first-order chi connectivity index (χ1) is 21.5. The molecule has 2 aromatic rings. The second kappa shape index (κ2) is 18.0. The van der Waals surface area contributed by atoms with Crippen molar-refractivity contribution in [3.63, 3.8) is 0 Å². The highest BCUT2D eigenvalue weighted by Gasteiger charge is 2.48. The third kappa shape index (κ3) is 9.58. The minimum atomic E-state index is -0.666. The zero-order valence-corrected chi connectivity index (χ0v) is 28.9. The monoisotopic (exact) mass is 725 g/mol. The van der Waals surface area contributed by atoms with E-state index < -0.39 is 11.6 Å². The molecule has 6 saturated carbocycles. The van der Waals surface area contributed by atoms with Gasteiger partial charge in [0.15, 0.2) is 16.8 Å². The molecule has 0 aliphatic heterocycles. The number of nitrogens with zero attached hydrogens (tertiary/aromatic N) is 4. The van der Waals surface area contributed by atoms with Gasteiger partial charge in [-0.1, -0.05) is 11.6 Å². The van der Waals surface area contributed by atoms with Crippen LogP contribution < -0.4 is 5.73 Å². The molecule has 6 fully saturated rings. The third-order valence-electron chi connectivity index (χ3n) is 9.68. The van der Waals surface area contributed by atoms with Gasteiger partial charge in [0.2, 0.25) is 10.6 Å². The lowest BCUT2D eigenvalue weighted by Gasteiger charge is -2.47. The van der Waals surface area contributed by atoms with Crippen LogP contribution in [0.5, 0.6) is 0 Å². The van der Waals surface area contributed by atoms with E-state index in [0.717, 1.165) is 38.1 Å². The summed E-state index contributed by atoms with van der Waals surface area (Å²) in [5.41, 5.74) is 6.41. The summed E-state index contributed by atoms with van der Waals surface area (Å²) in [7, 11) is 0. The minimum Gasteiger partial charge on any atom is -0.466 e. The van der Waals surface area contributed by atoms with Crippen LogP contribution in [0.15, 0.2) is 12.4 Å². The van der Waals surface area contributed by atoms with E-state index in [0.29, 0.717) is 49.0 Å². The lowest BCUT2D eigenvalue weighted by atomic mass is 9.57. The predicted octanol–water partition coefficient (Wildman–Crippen LogP) is 7.08. The maximum atomic E-state index is 13.9. The van der Waals surface area contributed by atoms with Crippen molar-refractivity contribution in [3.05, 3.63) is 45.4 Å². The molecule has 9 nitrogen and oxygen atoms in total. The molecule has 256 valence electrons. The van der Waals surface area contributed by atoms with E-state index >= 15 is 0 Å². The molecule has 15 heteroatoms. The minimum absolute atomic E-state index is 0. The Hall–Kier alpha value is -1.92. The van der Waals surface area contributed by atoms with Crippen molar-refractivity contribution >= 4 is 59.1 Å². The molecule has 0 aromatic carbocycles. The number of aromatic nitrogens is 4. The molecule has 46 heavy (non-hydrogen) atoms. The smallest absolute Gasteiger partial charge is 0.310 e. The summed E-state index contributed by atoms with van der Waals surface area (Å²) in [5, 5.41) is -0.263. The Morgan fingerprint density at radius 2 is 1.22 bits per heavy atom. The summed E-state index contributed by atoms with van der Waals surface area (Å²) in [6.07, 6.45) is 11.5.